The minimum Gasteiger partial charge on any atom is -0.258 e. The van der Waals surface area contributed by atoms with Crippen molar-refractivity contribution in [3.8, 4) is 0 Å². The zero-order valence-electron chi connectivity index (χ0n) is 8.53. The molecule has 0 amide bonds. The smallest absolute Gasteiger partial charge is 0.258 e. The van der Waals surface area contributed by atoms with Crippen molar-refractivity contribution in [2.75, 3.05) is 0 Å². The molecule has 0 aromatic heterocycles. The van der Waals surface area contributed by atoms with Gasteiger partial charge >= 0.3 is 0 Å². The van der Waals surface area contributed by atoms with Crippen LogP contribution in [0.4, 0.5) is 5.69 Å². The second-order valence-electron chi connectivity index (χ2n) is 4.09. The molecule has 86 valence electrons. The predicted octanol–water partition coefficient (Wildman–Crippen LogP) is 3.96. The fourth-order valence-corrected chi connectivity index (χ4v) is 2.78. The normalized spacial score (nSPS) is 17.1. The van der Waals surface area contributed by atoms with Crippen LogP contribution in [0.1, 0.15) is 18.4 Å². The fourth-order valence-electron chi connectivity index (χ4n) is 1.65. The third-order valence-electron chi connectivity index (χ3n) is 2.80. The molecule has 0 aliphatic heterocycles. The SMILES string of the molecule is O=[N+]([O-])c1ccc(CC(Br)C2CC2)c(Cl)c1. The van der Waals surface area contributed by atoms with Crippen molar-refractivity contribution in [2.45, 2.75) is 24.1 Å². The number of benzene rings is 1. The molecule has 1 saturated carbocycles. The van der Waals surface area contributed by atoms with Crippen molar-refractivity contribution in [3.05, 3.63) is 38.9 Å². The maximum atomic E-state index is 10.5. The van der Waals surface area contributed by atoms with E-state index in [2.05, 4.69) is 15.9 Å². The van der Waals surface area contributed by atoms with Gasteiger partial charge in [-0.15, -0.1) is 0 Å². The first-order valence-electron chi connectivity index (χ1n) is 5.15. The Hall–Kier alpha value is -0.610. The molecule has 1 aromatic carbocycles. The highest BCUT2D eigenvalue weighted by Gasteiger charge is 2.29. The van der Waals surface area contributed by atoms with Crippen LogP contribution in [0.3, 0.4) is 0 Å². The second kappa shape index (κ2) is 4.72. The first-order chi connectivity index (χ1) is 7.58. The van der Waals surface area contributed by atoms with Gasteiger partial charge in [0.25, 0.3) is 5.69 Å². The Kier molecular flexibility index (Phi) is 3.50. The zero-order chi connectivity index (χ0) is 11.7. The van der Waals surface area contributed by atoms with E-state index in [1.54, 1.807) is 6.07 Å². The number of nitrogens with zero attached hydrogens (tertiary/aromatic N) is 1. The molecule has 0 N–H and O–H groups in total. The van der Waals surface area contributed by atoms with Gasteiger partial charge in [0, 0.05) is 17.0 Å². The monoisotopic (exact) mass is 303 g/mol. The van der Waals surface area contributed by atoms with E-state index in [0.717, 1.165) is 17.9 Å². The van der Waals surface area contributed by atoms with Gasteiger partial charge in [-0.25, -0.2) is 0 Å². The maximum absolute atomic E-state index is 10.5. The summed E-state index contributed by atoms with van der Waals surface area (Å²) in [7, 11) is 0. The van der Waals surface area contributed by atoms with Crippen LogP contribution in [0, 0.1) is 16.0 Å². The van der Waals surface area contributed by atoms with Gasteiger partial charge in [-0.2, -0.15) is 0 Å². The summed E-state index contributed by atoms with van der Waals surface area (Å²) in [5, 5.41) is 11.0. The Balaban J connectivity index is 2.12. The van der Waals surface area contributed by atoms with Crippen LogP contribution in [0.15, 0.2) is 18.2 Å². The molecular weight excluding hydrogens is 293 g/mol. The zero-order valence-corrected chi connectivity index (χ0v) is 10.9. The van der Waals surface area contributed by atoms with Crippen LogP contribution in [0.5, 0.6) is 0 Å². The van der Waals surface area contributed by atoms with Gasteiger partial charge in [-0.3, -0.25) is 10.1 Å². The number of nitro groups is 1. The van der Waals surface area contributed by atoms with Crippen molar-refractivity contribution in [3.63, 3.8) is 0 Å². The number of halogens is 2. The van der Waals surface area contributed by atoms with E-state index >= 15 is 0 Å². The molecular formula is C11H11BrClNO2. The molecule has 5 heteroatoms. The minimum absolute atomic E-state index is 0.0475. The van der Waals surface area contributed by atoms with Crippen LogP contribution in [0.25, 0.3) is 0 Å². The first kappa shape index (κ1) is 11.9. The molecule has 1 unspecified atom stereocenters. The Morgan fingerprint density at radius 1 is 1.56 bits per heavy atom. The highest BCUT2D eigenvalue weighted by molar-refractivity contribution is 9.09. The van der Waals surface area contributed by atoms with E-state index in [4.69, 9.17) is 11.6 Å². The van der Waals surface area contributed by atoms with Gasteiger partial charge in [0.05, 0.1) is 9.95 Å². The van der Waals surface area contributed by atoms with Gasteiger partial charge in [0.1, 0.15) is 0 Å². The Morgan fingerprint density at radius 3 is 2.75 bits per heavy atom. The summed E-state index contributed by atoms with van der Waals surface area (Å²) in [6.45, 7) is 0. The number of hydrogen-bond acceptors (Lipinski definition) is 2. The third-order valence-corrected chi connectivity index (χ3v) is 4.22. The summed E-state index contributed by atoms with van der Waals surface area (Å²) in [6, 6.07) is 4.68. The number of nitro benzene ring substituents is 1. The van der Waals surface area contributed by atoms with Crippen LogP contribution in [-0.2, 0) is 6.42 Å². The molecule has 1 fully saturated rings. The summed E-state index contributed by atoms with van der Waals surface area (Å²) >= 11 is 9.65. The van der Waals surface area contributed by atoms with Crippen LogP contribution in [-0.4, -0.2) is 9.75 Å². The standard InChI is InChI=1S/C11H11BrClNO2/c12-10(7-1-2-7)5-8-3-4-9(14(15)16)6-11(8)13/h3-4,6-7,10H,1-2,5H2. The predicted molar refractivity (Wildman–Crippen MR) is 67.2 cm³/mol. The highest BCUT2D eigenvalue weighted by atomic mass is 79.9. The summed E-state index contributed by atoms with van der Waals surface area (Å²) in [5.74, 6) is 0.742. The van der Waals surface area contributed by atoms with Gasteiger partial charge in [-0.05, 0) is 30.7 Å². The lowest BCUT2D eigenvalue weighted by molar-refractivity contribution is -0.384. The molecule has 1 aromatic rings. The van der Waals surface area contributed by atoms with Crippen molar-refractivity contribution < 1.29 is 4.92 Å². The highest BCUT2D eigenvalue weighted by Crippen LogP contribution is 2.39. The fraction of sp³-hybridized carbons (Fsp3) is 0.455. The quantitative estimate of drug-likeness (QED) is 0.480. The number of hydrogen-bond donors (Lipinski definition) is 0. The molecule has 0 heterocycles. The summed E-state index contributed by atoms with van der Waals surface area (Å²) < 4.78 is 0. The summed E-state index contributed by atoms with van der Waals surface area (Å²) in [4.78, 5) is 10.6. The van der Waals surface area contributed by atoms with Gasteiger partial charge in [0.15, 0.2) is 0 Å². The summed E-state index contributed by atoms with van der Waals surface area (Å²) in [6.07, 6.45) is 3.36. The summed E-state index contributed by atoms with van der Waals surface area (Å²) in [5.41, 5.74) is 1.02. The van der Waals surface area contributed by atoms with Crippen LogP contribution >= 0.6 is 27.5 Å². The molecule has 1 aliphatic carbocycles. The molecule has 0 radical (unpaired) electrons. The molecule has 3 nitrogen and oxygen atoms in total. The molecule has 0 bridgehead atoms. The average Bonchev–Trinajstić information content (AvgIpc) is 3.03. The van der Waals surface area contributed by atoms with E-state index in [1.165, 1.54) is 25.0 Å². The Morgan fingerprint density at radius 2 is 2.25 bits per heavy atom. The largest absolute Gasteiger partial charge is 0.270 e. The molecule has 2 rings (SSSR count). The number of non-ortho nitro benzene ring substituents is 1. The lowest BCUT2D eigenvalue weighted by atomic mass is 10.1. The van der Waals surface area contributed by atoms with E-state index in [0.29, 0.717) is 9.85 Å². The van der Waals surface area contributed by atoms with E-state index in [1.807, 2.05) is 0 Å². The molecule has 1 atom stereocenters. The number of alkyl halides is 1. The topological polar surface area (TPSA) is 43.1 Å². The van der Waals surface area contributed by atoms with Gasteiger partial charge in [0.2, 0.25) is 0 Å². The van der Waals surface area contributed by atoms with Crippen LogP contribution in [0.2, 0.25) is 5.02 Å². The van der Waals surface area contributed by atoms with Crippen LogP contribution < -0.4 is 0 Å². The van der Waals surface area contributed by atoms with Crippen molar-refractivity contribution in [1.29, 1.82) is 0 Å². The Bertz CT molecular complexity index is 420. The van der Waals surface area contributed by atoms with E-state index in [-0.39, 0.29) is 5.69 Å². The van der Waals surface area contributed by atoms with E-state index < -0.39 is 4.92 Å². The second-order valence-corrected chi connectivity index (χ2v) is 5.67. The lowest BCUT2D eigenvalue weighted by Gasteiger charge is -2.09. The van der Waals surface area contributed by atoms with Crippen molar-refractivity contribution in [2.24, 2.45) is 5.92 Å². The van der Waals surface area contributed by atoms with Gasteiger partial charge in [-0.1, -0.05) is 33.6 Å². The van der Waals surface area contributed by atoms with Gasteiger partial charge < -0.3 is 0 Å². The van der Waals surface area contributed by atoms with Crippen molar-refractivity contribution >= 4 is 33.2 Å². The first-order valence-corrected chi connectivity index (χ1v) is 6.44. The minimum atomic E-state index is -0.428. The van der Waals surface area contributed by atoms with Crippen molar-refractivity contribution in [1.82, 2.24) is 0 Å². The van der Waals surface area contributed by atoms with E-state index in [9.17, 15) is 10.1 Å². The maximum Gasteiger partial charge on any atom is 0.270 e. The third kappa shape index (κ3) is 2.74. The lowest BCUT2D eigenvalue weighted by Crippen LogP contribution is -2.05. The average molecular weight is 305 g/mol. The molecule has 0 saturated heterocycles. The number of rotatable bonds is 4. The Labute approximate surface area is 107 Å². The molecule has 16 heavy (non-hydrogen) atoms. The molecule has 0 spiro atoms. The molecule has 1 aliphatic rings.